The molecule has 0 bridgehead atoms. The Hall–Kier alpha value is -2.57. The van der Waals surface area contributed by atoms with Crippen molar-refractivity contribution in [3.63, 3.8) is 0 Å². The van der Waals surface area contributed by atoms with Gasteiger partial charge in [0.1, 0.15) is 11.8 Å². The monoisotopic (exact) mass is 377 g/mol. The molecule has 6 nitrogen and oxygen atoms in total. The third kappa shape index (κ3) is 5.75. The van der Waals surface area contributed by atoms with Gasteiger partial charge in [0.25, 0.3) is 0 Å². The zero-order valence-corrected chi connectivity index (χ0v) is 15.7. The van der Waals surface area contributed by atoms with E-state index in [9.17, 15) is 9.59 Å². The molecule has 26 heavy (non-hydrogen) atoms. The highest BCUT2D eigenvalue weighted by molar-refractivity contribution is 5.95. The Morgan fingerprint density at radius 2 is 1.85 bits per heavy atom. The molecule has 2 amide bonds. The van der Waals surface area contributed by atoms with E-state index >= 15 is 0 Å². The van der Waals surface area contributed by atoms with Gasteiger partial charge in [0, 0.05) is 18.3 Å². The molecule has 0 spiro atoms. The van der Waals surface area contributed by atoms with Crippen LogP contribution >= 0.6 is 12.4 Å². The number of nitrogens with two attached hydrogens (primary N) is 1. The first-order chi connectivity index (χ1) is 12.0. The Kier molecular flexibility index (Phi) is 8.61. The minimum Gasteiger partial charge on any atom is -0.497 e. The maximum absolute atomic E-state index is 12.6. The molecule has 0 saturated heterocycles. The Labute approximate surface area is 159 Å². The minimum atomic E-state index is -0.786. The van der Waals surface area contributed by atoms with E-state index in [1.54, 1.807) is 43.5 Å². The van der Waals surface area contributed by atoms with Gasteiger partial charge in [-0.2, -0.15) is 0 Å². The predicted molar refractivity (Wildman–Crippen MR) is 104 cm³/mol. The molecule has 2 aromatic carbocycles. The van der Waals surface area contributed by atoms with Crippen molar-refractivity contribution >= 4 is 29.9 Å². The number of hydrogen-bond acceptors (Lipinski definition) is 4. The lowest BCUT2D eigenvalue weighted by Crippen LogP contribution is -2.42. The zero-order chi connectivity index (χ0) is 18.2. The zero-order valence-electron chi connectivity index (χ0n) is 14.8. The Morgan fingerprint density at radius 1 is 1.15 bits per heavy atom. The topological polar surface area (TPSA) is 84.7 Å². The number of nitrogens with one attached hydrogen (secondary N) is 1. The van der Waals surface area contributed by atoms with Crippen molar-refractivity contribution in [1.82, 2.24) is 4.90 Å². The molecule has 0 aliphatic rings. The van der Waals surface area contributed by atoms with E-state index < -0.39 is 6.04 Å². The summed E-state index contributed by atoms with van der Waals surface area (Å²) in [6, 6.07) is 15.4. The first-order valence-corrected chi connectivity index (χ1v) is 8.08. The molecule has 0 saturated carbocycles. The Morgan fingerprint density at radius 3 is 2.46 bits per heavy atom. The van der Waals surface area contributed by atoms with Crippen molar-refractivity contribution in [3.8, 4) is 5.75 Å². The van der Waals surface area contributed by atoms with Gasteiger partial charge in [-0.05, 0) is 24.6 Å². The molecule has 0 aromatic heterocycles. The smallest absolute Gasteiger partial charge is 0.244 e. The number of hydrogen-bond donors (Lipinski definition) is 2. The Balaban J connectivity index is 0.00000338. The van der Waals surface area contributed by atoms with Gasteiger partial charge in [-0.1, -0.05) is 36.4 Å². The van der Waals surface area contributed by atoms with E-state index in [4.69, 9.17) is 10.5 Å². The van der Waals surface area contributed by atoms with E-state index in [2.05, 4.69) is 5.32 Å². The molecule has 3 N–H and O–H groups in total. The molecule has 0 aliphatic carbocycles. The predicted octanol–water partition coefficient (Wildman–Crippen LogP) is 2.60. The van der Waals surface area contributed by atoms with Gasteiger partial charge in [-0.15, -0.1) is 12.4 Å². The summed E-state index contributed by atoms with van der Waals surface area (Å²) in [4.78, 5) is 26.3. The number of ether oxygens (including phenoxy) is 1. The van der Waals surface area contributed by atoms with Crippen LogP contribution in [0.15, 0.2) is 54.6 Å². The second kappa shape index (κ2) is 10.4. The van der Waals surface area contributed by atoms with Gasteiger partial charge >= 0.3 is 0 Å². The van der Waals surface area contributed by atoms with Crippen LogP contribution < -0.4 is 15.8 Å². The largest absolute Gasteiger partial charge is 0.497 e. The molecular formula is C19H24ClN3O3. The van der Waals surface area contributed by atoms with Crippen molar-refractivity contribution in [1.29, 1.82) is 0 Å². The highest BCUT2D eigenvalue weighted by Gasteiger charge is 2.23. The van der Waals surface area contributed by atoms with E-state index in [1.165, 1.54) is 4.90 Å². The lowest BCUT2D eigenvalue weighted by atomic mass is 10.1. The molecule has 0 aliphatic heterocycles. The molecule has 1 unspecified atom stereocenters. The normalized spacial score (nSPS) is 11.0. The van der Waals surface area contributed by atoms with Gasteiger partial charge < -0.3 is 20.7 Å². The average Bonchev–Trinajstić information content (AvgIpc) is 2.65. The van der Waals surface area contributed by atoms with Crippen molar-refractivity contribution < 1.29 is 14.3 Å². The summed E-state index contributed by atoms with van der Waals surface area (Å²) in [6.07, 6.45) is 0. The number of carbonyl (C=O) groups excluding carboxylic acids is 2. The van der Waals surface area contributed by atoms with Crippen molar-refractivity contribution in [2.75, 3.05) is 25.5 Å². The van der Waals surface area contributed by atoms with Crippen LogP contribution in [0.3, 0.4) is 0 Å². The quantitative estimate of drug-likeness (QED) is 0.776. The first-order valence-electron chi connectivity index (χ1n) is 8.08. The number of benzene rings is 2. The fourth-order valence-corrected chi connectivity index (χ4v) is 2.42. The molecule has 2 rings (SSSR count). The molecule has 2 aromatic rings. The fraction of sp³-hybridized carbons (Fsp3) is 0.263. The summed E-state index contributed by atoms with van der Waals surface area (Å²) in [5, 5.41) is 2.76. The number of anilines is 1. The van der Waals surface area contributed by atoms with Crippen LogP contribution in [0.2, 0.25) is 0 Å². The van der Waals surface area contributed by atoms with Crippen LogP contribution in [0, 0.1) is 0 Å². The van der Waals surface area contributed by atoms with Gasteiger partial charge in [0.15, 0.2) is 0 Å². The van der Waals surface area contributed by atoms with E-state index in [0.29, 0.717) is 18.0 Å². The summed E-state index contributed by atoms with van der Waals surface area (Å²) in [5.74, 6) is 0.0746. The molecule has 0 heterocycles. The second-order valence-electron chi connectivity index (χ2n) is 5.52. The van der Waals surface area contributed by atoms with Crippen LogP contribution in [0.5, 0.6) is 5.75 Å². The number of rotatable bonds is 7. The van der Waals surface area contributed by atoms with Crippen LogP contribution in [0.25, 0.3) is 0 Å². The van der Waals surface area contributed by atoms with Crippen molar-refractivity contribution in [2.24, 2.45) is 5.73 Å². The lowest BCUT2D eigenvalue weighted by molar-refractivity contribution is -0.135. The van der Waals surface area contributed by atoms with Crippen molar-refractivity contribution in [3.05, 3.63) is 60.2 Å². The highest BCUT2D eigenvalue weighted by atomic mass is 35.5. The lowest BCUT2D eigenvalue weighted by Gasteiger charge is -2.24. The number of nitrogens with zero attached hydrogens (tertiary/aromatic N) is 1. The third-order valence-electron chi connectivity index (χ3n) is 3.81. The summed E-state index contributed by atoms with van der Waals surface area (Å²) in [5.41, 5.74) is 7.37. The molecular weight excluding hydrogens is 354 g/mol. The SMILES string of the molecule is CCN(CC(=O)Nc1cccc(OC)c1)C(=O)C(N)c1ccccc1.Cl. The number of methoxy groups -OCH3 is 1. The van der Waals surface area contributed by atoms with Gasteiger partial charge in [-0.3, -0.25) is 9.59 Å². The number of likely N-dealkylation sites (N-methyl/N-ethyl adjacent to an activating group) is 1. The van der Waals surface area contributed by atoms with Crippen LogP contribution in [-0.2, 0) is 9.59 Å². The van der Waals surface area contributed by atoms with Gasteiger partial charge in [0.05, 0.1) is 13.7 Å². The average molecular weight is 378 g/mol. The van der Waals surface area contributed by atoms with Crippen LogP contribution in [0.1, 0.15) is 18.5 Å². The Bertz CT molecular complexity index is 725. The maximum Gasteiger partial charge on any atom is 0.244 e. The minimum absolute atomic E-state index is 0. The summed E-state index contributed by atoms with van der Waals surface area (Å²) < 4.78 is 5.13. The molecule has 140 valence electrons. The second-order valence-corrected chi connectivity index (χ2v) is 5.52. The molecule has 0 fully saturated rings. The van der Waals surface area contributed by atoms with Crippen LogP contribution in [-0.4, -0.2) is 36.9 Å². The van der Waals surface area contributed by atoms with Crippen LogP contribution in [0.4, 0.5) is 5.69 Å². The fourth-order valence-electron chi connectivity index (χ4n) is 2.42. The number of halogens is 1. The molecule has 0 radical (unpaired) electrons. The molecule has 7 heteroatoms. The highest BCUT2D eigenvalue weighted by Crippen LogP contribution is 2.17. The van der Waals surface area contributed by atoms with E-state index in [1.807, 2.05) is 25.1 Å². The number of carbonyl (C=O) groups is 2. The van der Waals surface area contributed by atoms with Crippen molar-refractivity contribution in [2.45, 2.75) is 13.0 Å². The van der Waals surface area contributed by atoms with Gasteiger partial charge in [-0.25, -0.2) is 0 Å². The summed E-state index contributed by atoms with van der Waals surface area (Å²) in [6.45, 7) is 2.15. The van der Waals surface area contributed by atoms with Gasteiger partial charge in [0.2, 0.25) is 11.8 Å². The third-order valence-corrected chi connectivity index (χ3v) is 3.81. The standard InChI is InChI=1S/C19H23N3O3.ClH/c1-3-22(19(24)18(20)14-8-5-4-6-9-14)13-17(23)21-15-10-7-11-16(12-15)25-2;/h4-12,18H,3,13,20H2,1-2H3,(H,21,23);1H. The van der Waals surface area contributed by atoms with E-state index in [-0.39, 0.29) is 30.8 Å². The maximum atomic E-state index is 12.6. The first kappa shape index (κ1) is 21.5. The molecule has 1 atom stereocenters. The van der Waals surface area contributed by atoms with E-state index in [0.717, 1.165) is 5.56 Å². The summed E-state index contributed by atoms with van der Waals surface area (Å²) in [7, 11) is 1.56. The number of amides is 2. The summed E-state index contributed by atoms with van der Waals surface area (Å²) >= 11 is 0.